The van der Waals surface area contributed by atoms with E-state index >= 15 is 0 Å². The van der Waals surface area contributed by atoms with Gasteiger partial charge >= 0.3 is 0 Å². The summed E-state index contributed by atoms with van der Waals surface area (Å²) in [5.41, 5.74) is 4.58. The highest BCUT2D eigenvalue weighted by Gasteiger charge is 2.23. The van der Waals surface area contributed by atoms with Crippen molar-refractivity contribution in [3.63, 3.8) is 0 Å². The zero-order valence-electron chi connectivity index (χ0n) is 14.1. The van der Waals surface area contributed by atoms with Crippen molar-refractivity contribution in [3.8, 4) is 0 Å². The zero-order valence-corrected chi connectivity index (χ0v) is 14.1. The Bertz CT molecular complexity index is 912. The van der Waals surface area contributed by atoms with Gasteiger partial charge in [-0.3, -0.25) is 9.36 Å². The number of rotatable bonds is 5. The van der Waals surface area contributed by atoms with Crippen LogP contribution in [0.1, 0.15) is 34.5 Å². The standard InChI is InChI=1S/C21H21FN2O/c22-16-10-8-15(9-11-16)14-23-13-12-18-17-4-1-2-5-19(17)24-20(18)6-3-7-21(24)25/h1-2,4-5,8-11,23H,3,6-7,12-14H2. The monoisotopic (exact) mass is 336 g/mol. The van der Waals surface area contributed by atoms with E-state index < -0.39 is 0 Å². The number of para-hydroxylation sites is 1. The lowest BCUT2D eigenvalue weighted by atomic mass is 10.0. The van der Waals surface area contributed by atoms with Crippen LogP contribution in [0.5, 0.6) is 0 Å². The Morgan fingerprint density at radius 3 is 2.68 bits per heavy atom. The van der Waals surface area contributed by atoms with Gasteiger partial charge in [-0.2, -0.15) is 0 Å². The molecule has 0 aliphatic carbocycles. The summed E-state index contributed by atoms with van der Waals surface area (Å²) in [7, 11) is 0. The molecule has 0 unspecified atom stereocenters. The molecule has 25 heavy (non-hydrogen) atoms. The van der Waals surface area contributed by atoms with Crippen LogP contribution in [-0.4, -0.2) is 17.0 Å². The Morgan fingerprint density at radius 2 is 1.84 bits per heavy atom. The molecule has 0 atom stereocenters. The van der Waals surface area contributed by atoms with Crippen molar-refractivity contribution in [1.29, 1.82) is 0 Å². The summed E-state index contributed by atoms with van der Waals surface area (Å²) in [5, 5.41) is 4.62. The third kappa shape index (κ3) is 3.10. The second-order valence-electron chi connectivity index (χ2n) is 6.58. The van der Waals surface area contributed by atoms with Gasteiger partial charge in [0.05, 0.1) is 5.52 Å². The number of nitrogens with zero attached hydrogens (tertiary/aromatic N) is 1. The molecule has 1 N–H and O–H groups in total. The van der Waals surface area contributed by atoms with Crippen molar-refractivity contribution in [2.45, 2.75) is 32.2 Å². The fourth-order valence-corrected chi connectivity index (χ4v) is 3.75. The van der Waals surface area contributed by atoms with Crippen molar-refractivity contribution < 1.29 is 9.18 Å². The van der Waals surface area contributed by atoms with E-state index in [2.05, 4.69) is 11.4 Å². The summed E-state index contributed by atoms with van der Waals surface area (Å²) in [6, 6.07) is 14.8. The second kappa shape index (κ2) is 6.81. The van der Waals surface area contributed by atoms with E-state index in [-0.39, 0.29) is 11.7 Å². The second-order valence-corrected chi connectivity index (χ2v) is 6.58. The van der Waals surface area contributed by atoms with Crippen LogP contribution in [0.4, 0.5) is 4.39 Å². The van der Waals surface area contributed by atoms with E-state index in [1.165, 1.54) is 28.8 Å². The van der Waals surface area contributed by atoms with Crippen molar-refractivity contribution in [2.75, 3.05) is 6.54 Å². The molecule has 4 heteroatoms. The van der Waals surface area contributed by atoms with Crippen molar-refractivity contribution in [1.82, 2.24) is 9.88 Å². The van der Waals surface area contributed by atoms with Crippen LogP contribution >= 0.6 is 0 Å². The molecule has 2 heterocycles. The molecule has 3 aromatic rings. The quantitative estimate of drug-likeness (QED) is 0.712. The van der Waals surface area contributed by atoms with E-state index in [1.807, 2.05) is 22.8 Å². The average molecular weight is 336 g/mol. The van der Waals surface area contributed by atoms with Crippen LogP contribution in [0.2, 0.25) is 0 Å². The van der Waals surface area contributed by atoms with Gasteiger partial charge in [-0.15, -0.1) is 0 Å². The molecule has 0 bridgehead atoms. The highest BCUT2D eigenvalue weighted by atomic mass is 19.1. The molecule has 4 rings (SSSR count). The van der Waals surface area contributed by atoms with Crippen LogP contribution in [0.25, 0.3) is 10.9 Å². The lowest BCUT2D eigenvalue weighted by Gasteiger charge is -2.16. The Labute approximate surface area is 146 Å². The normalized spacial score (nSPS) is 14.0. The molecule has 0 amide bonds. The molecule has 3 nitrogen and oxygen atoms in total. The molecule has 1 aromatic heterocycles. The van der Waals surface area contributed by atoms with E-state index in [4.69, 9.17) is 0 Å². The van der Waals surface area contributed by atoms with Gasteiger partial charge in [0.15, 0.2) is 0 Å². The maximum atomic E-state index is 13.0. The van der Waals surface area contributed by atoms with Gasteiger partial charge in [-0.05, 0) is 55.1 Å². The third-order valence-corrected chi connectivity index (χ3v) is 4.94. The summed E-state index contributed by atoms with van der Waals surface area (Å²) >= 11 is 0. The highest BCUT2D eigenvalue weighted by molar-refractivity contribution is 5.96. The van der Waals surface area contributed by atoms with Crippen LogP contribution in [0, 0.1) is 5.82 Å². The smallest absolute Gasteiger partial charge is 0.231 e. The predicted molar refractivity (Wildman–Crippen MR) is 97.3 cm³/mol. The summed E-state index contributed by atoms with van der Waals surface area (Å²) in [5.74, 6) is 0.00305. The Kier molecular flexibility index (Phi) is 4.36. The minimum absolute atomic E-state index is 0.208. The predicted octanol–water partition coefficient (Wildman–Crippen LogP) is 4.09. The average Bonchev–Trinajstić information content (AvgIpc) is 2.95. The van der Waals surface area contributed by atoms with Crippen molar-refractivity contribution in [2.24, 2.45) is 0 Å². The van der Waals surface area contributed by atoms with Crippen LogP contribution < -0.4 is 5.32 Å². The van der Waals surface area contributed by atoms with E-state index in [1.54, 1.807) is 12.1 Å². The van der Waals surface area contributed by atoms with Crippen LogP contribution in [0.15, 0.2) is 48.5 Å². The van der Waals surface area contributed by atoms with Gasteiger partial charge in [-0.25, -0.2) is 4.39 Å². The van der Waals surface area contributed by atoms with Crippen LogP contribution in [-0.2, 0) is 19.4 Å². The number of hydrogen-bond donors (Lipinski definition) is 1. The molecule has 2 aromatic carbocycles. The Morgan fingerprint density at radius 1 is 1.04 bits per heavy atom. The van der Waals surface area contributed by atoms with Crippen LogP contribution in [0.3, 0.4) is 0 Å². The van der Waals surface area contributed by atoms with E-state index in [0.717, 1.165) is 36.9 Å². The topological polar surface area (TPSA) is 34.0 Å². The minimum Gasteiger partial charge on any atom is -0.312 e. The summed E-state index contributed by atoms with van der Waals surface area (Å²) in [6.45, 7) is 1.54. The molecule has 0 radical (unpaired) electrons. The SMILES string of the molecule is O=C1CCCc2c(CCNCc3ccc(F)cc3)c3ccccc3n21. The Balaban J connectivity index is 1.51. The van der Waals surface area contributed by atoms with Gasteiger partial charge < -0.3 is 5.32 Å². The Hall–Kier alpha value is -2.46. The van der Waals surface area contributed by atoms with E-state index in [0.29, 0.717) is 13.0 Å². The fraction of sp³-hybridized carbons (Fsp3) is 0.286. The van der Waals surface area contributed by atoms with Gasteiger partial charge in [0.2, 0.25) is 5.91 Å². The molecule has 1 aliphatic rings. The van der Waals surface area contributed by atoms with Gasteiger partial charge in [-0.1, -0.05) is 30.3 Å². The first-order valence-corrected chi connectivity index (χ1v) is 8.83. The largest absolute Gasteiger partial charge is 0.312 e. The number of nitrogens with one attached hydrogen (secondary N) is 1. The lowest BCUT2D eigenvalue weighted by Crippen LogP contribution is -2.21. The number of carbonyl (C=O) groups excluding carboxylic acids is 1. The maximum absolute atomic E-state index is 13.0. The van der Waals surface area contributed by atoms with Crippen molar-refractivity contribution >= 4 is 16.8 Å². The van der Waals surface area contributed by atoms with Crippen molar-refractivity contribution in [3.05, 3.63) is 71.2 Å². The van der Waals surface area contributed by atoms with Gasteiger partial charge in [0, 0.05) is 24.0 Å². The van der Waals surface area contributed by atoms with Gasteiger partial charge in [0.25, 0.3) is 0 Å². The van der Waals surface area contributed by atoms with E-state index in [9.17, 15) is 9.18 Å². The third-order valence-electron chi connectivity index (χ3n) is 4.94. The molecule has 0 fully saturated rings. The maximum Gasteiger partial charge on any atom is 0.231 e. The molecule has 1 aliphatic heterocycles. The number of benzene rings is 2. The molecule has 0 saturated heterocycles. The molecule has 0 saturated carbocycles. The molecule has 128 valence electrons. The summed E-state index contributed by atoms with van der Waals surface area (Å²) < 4.78 is 14.9. The minimum atomic E-state index is -0.208. The number of carbonyl (C=O) groups is 1. The number of hydrogen-bond acceptors (Lipinski definition) is 2. The first kappa shape index (κ1) is 16.0. The number of aromatic nitrogens is 1. The summed E-state index contributed by atoms with van der Waals surface area (Å²) in [6.07, 6.45) is 3.42. The first-order chi connectivity index (χ1) is 12.2. The highest BCUT2D eigenvalue weighted by Crippen LogP contribution is 2.30. The van der Waals surface area contributed by atoms with Gasteiger partial charge in [0.1, 0.15) is 5.82 Å². The number of fused-ring (bicyclic) bond motifs is 3. The fourth-order valence-electron chi connectivity index (χ4n) is 3.75. The first-order valence-electron chi connectivity index (χ1n) is 8.83. The zero-order chi connectivity index (χ0) is 17.2. The molecular weight excluding hydrogens is 315 g/mol. The summed E-state index contributed by atoms with van der Waals surface area (Å²) in [4.78, 5) is 12.4. The number of halogens is 1. The molecular formula is C21H21FN2O. The lowest BCUT2D eigenvalue weighted by molar-refractivity contribution is 0.0889. The molecule has 0 spiro atoms.